The quantitative estimate of drug-likeness (QED) is 0.619. The number of ether oxygens (including phenoxy) is 1. The first-order valence-corrected chi connectivity index (χ1v) is 7.44. The van der Waals surface area contributed by atoms with E-state index in [0.29, 0.717) is 0 Å². The van der Waals surface area contributed by atoms with Crippen molar-refractivity contribution in [2.45, 2.75) is 24.3 Å². The van der Waals surface area contributed by atoms with Gasteiger partial charge in [-0.15, -0.1) is 0 Å². The van der Waals surface area contributed by atoms with Gasteiger partial charge < -0.3 is 9.84 Å². The molecule has 0 aliphatic carbocycles. The fourth-order valence-electron chi connectivity index (χ4n) is 1.56. The van der Waals surface area contributed by atoms with Crippen molar-refractivity contribution in [2.75, 3.05) is 20.8 Å². The summed E-state index contributed by atoms with van der Waals surface area (Å²) < 4.78 is 31.1. The van der Waals surface area contributed by atoms with Crippen molar-refractivity contribution in [3.8, 4) is 5.75 Å². The van der Waals surface area contributed by atoms with Crippen molar-refractivity contribution in [3.63, 3.8) is 0 Å². The first-order valence-electron chi connectivity index (χ1n) is 6.00. The molecular formula is C12H18N2O6S. The third-order valence-corrected chi connectivity index (χ3v) is 5.34. The Hall–Kier alpha value is -1.71. The molecule has 0 saturated heterocycles. The van der Waals surface area contributed by atoms with Crippen LogP contribution >= 0.6 is 0 Å². The molecule has 1 rings (SSSR count). The maximum Gasteiger partial charge on any atom is 0.273 e. The minimum Gasteiger partial charge on any atom is -0.495 e. The summed E-state index contributed by atoms with van der Waals surface area (Å²) in [4.78, 5) is 9.89. The summed E-state index contributed by atoms with van der Waals surface area (Å²) in [5.41, 5.74) is -1.29. The Kier molecular flexibility index (Phi) is 4.92. The van der Waals surface area contributed by atoms with E-state index in [4.69, 9.17) is 4.74 Å². The van der Waals surface area contributed by atoms with Crippen LogP contribution in [0.15, 0.2) is 23.1 Å². The summed E-state index contributed by atoms with van der Waals surface area (Å²) in [5.74, 6) is -0.121. The van der Waals surface area contributed by atoms with Gasteiger partial charge in [0.1, 0.15) is 10.6 Å². The van der Waals surface area contributed by atoms with E-state index in [1.54, 1.807) is 13.8 Å². The molecule has 0 heterocycles. The number of benzene rings is 1. The summed E-state index contributed by atoms with van der Waals surface area (Å²) in [7, 11) is -1.41. The summed E-state index contributed by atoms with van der Waals surface area (Å²) in [6.45, 7) is 2.74. The lowest BCUT2D eigenvalue weighted by molar-refractivity contribution is -0.385. The lowest BCUT2D eigenvalue weighted by Gasteiger charge is -2.33. The van der Waals surface area contributed by atoms with Crippen LogP contribution in [-0.4, -0.2) is 49.1 Å². The largest absolute Gasteiger partial charge is 0.495 e. The molecule has 0 saturated carbocycles. The first kappa shape index (κ1) is 17.3. The molecule has 0 fully saturated rings. The lowest BCUT2D eigenvalue weighted by atomic mass is 10.1. The van der Waals surface area contributed by atoms with Gasteiger partial charge in [-0.1, -0.05) is 0 Å². The van der Waals surface area contributed by atoms with Crippen LogP contribution in [0.3, 0.4) is 0 Å². The van der Waals surface area contributed by atoms with E-state index in [2.05, 4.69) is 0 Å². The second-order valence-electron chi connectivity index (χ2n) is 5.04. The predicted octanol–water partition coefficient (Wildman–Crippen LogP) is 0.995. The average Bonchev–Trinajstić information content (AvgIpc) is 2.45. The Morgan fingerprint density at radius 3 is 2.43 bits per heavy atom. The zero-order chi connectivity index (χ0) is 16.4. The molecule has 8 nitrogen and oxygen atoms in total. The normalized spacial score (nSPS) is 12.5. The molecule has 1 aromatic carbocycles. The van der Waals surface area contributed by atoms with E-state index in [0.717, 1.165) is 22.5 Å². The highest BCUT2D eigenvalue weighted by atomic mass is 32.2. The molecule has 1 N–H and O–H groups in total. The second kappa shape index (κ2) is 5.96. The molecule has 0 unspecified atom stereocenters. The van der Waals surface area contributed by atoms with Crippen LogP contribution in [0.4, 0.5) is 5.69 Å². The van der Waals surface area contributed by atoms with Crippen molar-refractivity contribution in [1.82, 2.24) is 4.31 Å². The Morgan fingerprint density at radius 2 is 2.00 bits per heavy atom. The number of aliphatic hydroxyl groups is 1. The van der Waals surface area contributed by atoms with Gasteiger partial charge in [0.2, 0.25) is 10.0 Å². The van der Waals surface area contributed by atoms with Gasteiger partial charge in [0.25, 0.3) is 5.69 Å². The molecule has 1 aromatic rings. The van der Waals surface area contributed by atoms with E-state index in [1.165, 1.54) is 14.2 Å². The van der Waals surface area contributed by atoms with Crippen LogP contribution < -0.4 is 4.74 Å². The number of likely N-dealkylation sites (N-methyl/N-ethyl adjacent to an activating group) is 1. The second-order valence-corrected chi connectivity index (χ2v) is 6.97. The molecule has 21 heavy (non-hydrogen) atoms. The van der Waals surface area contributed by atoms with E-state index in [1.807, 2.05) is 0 Å². The molecule has 0 aromatic heterocycles. The number of hydrogen-bond donors (Lipinski definition) is 1. The third kappa shape index (κ3) is 3.31. The number of methoxy groups -OCH3 is 1. The average molecular weight is 318 g/mol. The van der Waals surface area contributed by atoms with E-state index >= 15 is 0 Å². The fourth-order valence-corrected chi connectivity index (χ4v) is 3.20. The van der Waals surface area contributed by atoms with Crippen LogP contribution in [-0.2, 0) is 10.0 Å². The molecule has 0 aliphatic heterocycles. The summed E-state index contributed by atoms with van der Waals surface area (Å²) in [6.07, 6.45) is 0. The predicted molar refractivity (Wildman–Crippen MR) is 75.8 cm³/mol. The summed E-state index contributed by atoms with van der Waals surface area (Å²) >= 11 is 0. The van der Waals surface area contributed by atoms with Gasteiger partial charge in [-0.2, -0.15) is 4.31 Å². The molecule has 118 valence electrons. The molecule has 0 aliphatic rings. The van der Waals surface area contributed by atoms with Crippen LogP contribution in [0.5, 0.6) is 5.75 Å². The maximum atomic E-state index is 12.6. The van der Waals surface area contributed by atoms with Gasteiger partial charge in [-0.25, -0.2) is 8.42 Å². The van der Waals surface area contributed by atoms with Crippen molar-refractivity contribution in [1.29, 1.82) is 0 Å². The molecule has 0 amide bonds. The van der Waals surface area contributed by atoms with Gasteiger partial charge in [-0.3, -0.25) is 10.1 Å². The summed E-state index contributed by atoms with van der Waals surface area (Å²) in [5, 5.41) is 20.0. The highest BCUT2D eigenvalue weighted by molar-refractivity contribution is 7.89. The Balaban J connectivity index is 3.42. The number of aliphatic hydroxyl groups excluding tert-OH is 1. The topological polar surface area (TPSA) is 110 Å². The molecule has 0 radical (unpaired) electrons. The number of nitrogens with zero attached hydrogens (tertiary/aromatic N) is 2. The van der Waals surface area contributed by atoms with E-state index in [9.17, 15) is 23.6 Å². The van der Waals surface area contributed by atoms with Crippen LogP contribution in [0.2, 0.25) is 0 Å². The third-order valence-electron chi connectivity index (χ3n) is 3.24. The molecule has 9 heteroatoms. The van der Waals surface area contributed by atoms with E-state index in [-0.39, 0.29) is 22.9 Å². The highest BCUT2D eigenvalue weighted by Crippen LogP contribution is 2.32. The minimum atomic E-state index is -3.97. The van der Waals surface area contributed by atoms with Crippen molar-refractivity contribution in [3.05, 3.63) is 28.3 Å². The number of nitro benzene ring substituents is 1. The van der Waals surface area contributed by atoms with Crippen molar-refractivity contribution >= 4 is 15.7 Å². The monoisotopic (exact) mass is 318 g/mol. The smallest absolute Gasteiger partial charge is 0.273 e. The SMILES string of the molecule is COc1cc([N+](=O)[O-])ccc1S(=O)(=O)N(C)C(C)(C)CO. The first-order chi connectivity index (χ1) is 9.57. The van der Waals surface area contributed by atoms with Crippen LogP contribution in [0.1, 0.15) is 13.8 Å². The Morgan fingerprint density at radius 1 is 1.43 bits per heavy atom. The van der Waals surface area contributed by atoms with Crippen molar-refractivity contribution < 1.29 is 23.2 Å². The van der Waals surface area contributed by atoms with E-state index < -0.39 is 20.5 Å². The highest BCUT2D eigenvalue weighted by Gasteiger charge is 2.35. The fraction of sp³-hybridized carbons (Fsp3) is 0.500. The van der Waals surface area contributed by atoms with Gasteiger partial charge in [0, 0.05) is 13.1 Å². The van der Waals surface area contributed by atoms with Gasteiger partial charge in [0.15, 0.2) is 0 Å². The Labute approximate surface area is 123 Å². The van der Waals surface area contributed by atoms with Gasteiger partial charge >= 0.3 is 0 Å². The molecule has 0 bridgehead atoms. The minimum absolute atomic E-state index is 0.121. The maximum absolute atomic E-state index is 12.6. The van der Waals surface area contributed by atoms with Crippen LogP contribution in [0.25, 0.3) is 0 Å². The zero-order valence-electron chi connectivity index (χ0n) is 12.2. The standard InChI is InChI=1S/C12H18N2O6S/c1-12(2,8-15)13(3)21(18,19)11-6-5-9(14(16)17)7-10(11)20-4/h5-7,15H,8H2,1-4H3. The lowest BCUT2D eigenvalue weighted by Crippen LogP contribution is -2.47. The molecule has 0 atom stereocenters. The number of sulfonamides is 1. The van der Waals surface area contributed by atoms with Crippen LogP contribution in [0, 0.1) is 10.1 Å². The Bertz CT molecular complexity index is 641. The van der Waals surface area contributed by atoms with Gasteiger partial charge in [-0.05, 0) is 19.9 Å². The molecule has 0 spiro atoms. The molecular weight excluding hydrogens is 300 g/mol. The summed E-state index contributed by atoms with van der Waals surface area (Å²) in [6, 6.07) is 3.26. The number of non-ortho nitro benzene ring substituents is 1. The number of nitro groups is 1. The van der Waals surface area contributed by atoms with Crippen molar-refractivity contribution in [2.24, 2.45) is 0 Å². The number of rotatable bonds is 6. The van der Waals surface area contributed by atoms with Gasteiger partial charge in [0.05, 0.1) is 30.2 Å². The number of hydrogen-bond acceptors (Lipinski definition) is 6. The zero-order valence-corrected chi connectivity index (χ0v) is 13.0.